The van der Waals surface area contributed by atoms with Crippen LogP contribution >= 0.6 is 0 Å². The van der Waals surface area contributed by atoms with Crippen molar-refractivity contribution < 1.29 is 14.3 Å². The summed E-state index contributed by atoms with van der Waals surface area (Å²) >= 11 is 0. The van der Waals surface area contributed by atoms with E-state index in [4.69, 9.17) is 9.52 Å². The standard InChI is InChI=1S/C20H15N3O3/c24-13-16-10-9-15(26-16)12-17-19(18-8-4-5-11-21-18)22-23(20(17)25)14-6-2-1-3-7-14/h1-12,24H,13H2/b17-12-. The van der Waals surface area contributed by atoms with E-state index in [1.54, 1.807) is 36.5 Å². The SMILES string of the molecule is O=C1/C(=C\c2ccc(CO)o2)C(c2ccccn2)=NN1c1ccccc1. The van der Waals surface area contributed by atoms with Gasteiger partial charge in [0.25, 0.3) is 5.91 Å². The van der Waals surface area contributed by atoms with Gasteiger partial charge in [-0.25, -0.2) is 0 Å². The molecule has 2 aromatic heterocycles. The van der Waals surface area contributed by atoms with Gasteiger partial charge in [0, 0.05) is 6.20 Å². The number of benzene rings is 1. The number of aliphatic hydroxyl groups excluding tert-OH is 1. The van der Waals surface area contributed by atoms with Crippen LogP contribution in [0.25, 0.3) is 6.08 Å². The molecule has 0 spiro atoms. The van der Waals surface area contributed by atoms with Crippen LogP contribution in [0.4, 0.5) is 5.69 Å². The van der Waals surface area contributed by atoms with Gasteiger partial charge in [-0.3, -0.25) is 9.78 Å². The second-order valence-electron chi connectivity index (χ2n) is 5.64. The van der Waals surface area contributed by atoms with Crippen molar-refractivity contribution in [1.82, 2.24) is 4.98 Å². The molecule has 0 saturated heterocycles. The van der Waals surface area contributed by atoms with E-state index in [1.165, 1.54) is 5.01 Å². The highest BCUT2D eigenvalue weighted by Crippen LogP contribution is 2.27. The van der Waals surface area contributed by atoms with Crippen molar-refractivity contribution >= 4 is 23.4 Å². The second kappa shape index (κ2) is 6.78. The smallest absolute Gasteiger partial charge is 0.281 e. The third kappa shape index (κ3) is 2.94. The van der Waals surface area contributed by atoms with Crippen LogP contribution in [-0.2, 0) is 11.4 Å². The van der Waals surface area contributed by atoms with Crippen LogP contribution < -0.4 is 5.01 Å². The molecule has 1 aliphatic rings. The lowest BCUT2D eigenvalue weighted by atomic mass is 10.1. The number of rotatable bonds is 4. The quantitative estimate of drug-likeness (QED) is 0.737. The lowest BCUT2D eigenvalue weighted by molar-refractivity contribution is -0.114. The van der Waals surface area contributed by atoms with Crippen LogP contribution in [-0.4, -0.2) is 21.7 Å². The molecular weight excluding hydrogens is 330 g/mol. The number of hydrogen-bond acceptors (Lipinski definition) is 5. The average Bonchev–Trinajstić information content (AvgIpc) is 3.28. The number of furan rings is 1. The van der Waals surface area contributed by atoms with Crippen molar-refractivity contribution in [3.8, 4) is 0 Å². The first-order valence-electron chi connectivity index (χ1n) is 8.07. The molecule has 6 heteroatoms. The zero-order valence-corrected chi connectivity index (χ0v) is 13.7. The first-order chi connectivity index (χ1) is 12.8. The molecule has 3 heterocycles. The Bertz CT molecular complexity index is 991. The minimum atomic E-state index is -0.265. The summed E-state index contributed by atoms with van der Waals surface area (Å²) in [4.78, 5) is 17.3. The molecule has 0 aliphatic carbocycles. The van der Waals surface area contributed by atoms with Crippen molar-refractivity contribution in [2.75, 3.05) is 5.01 Å². The van der Waals surface area contributed by atoms with Gasteiger partial charge in [-0.05, 0) is 42.5 Å². The molecule has 6 nitrogen and oxygen atoms in total. The summed E-state index contributed by atoms with van der Waals surface area (Å²) in [5, 5.41) is 15.0. The summed E-state index contributed by atoms with van der Waals surface area (Å²) in [6, 6.07) is 18.0. The van der Waals surface area contributed by atoms with E-state index in [2.05, 4.69) is 10.1 Å². The van der Waals surface area contributed by atoms with Gasteiger partial charge in [0.2, 0.25) is 0 Å². The number of aromatic nitrogens is 1. The second-order valence-corrected chi connectivity index (χ2v) is 5.64. The normalized spacial score (nSPS) is 15.6. The maximum absolute atomic E-state index is 13.0. The molecule has 1 amide bonds. The van der Waals surface area contributed by atoms with Crippen molar-refractivity contribution in [2.45, 2.75) is 6.61 Å². The topological polar surface area (TPSA) is 78.9 Å². The summed E-state index contributed by atoms with van der Waals surface area (Å²) in [6.45, 7) is -0.200. The monoisotopic (exact) mass is 345 g/mol. The predicted molar refractivity (Wildman–Crippen MR) is 97.3 cm³/mol. The maximum atomic E-state index is 13.0. The van der Waals surface area contributed by atoms with Crippen LogP contribution in [0.15, 0.2) is 82.0 Å². The van der Waals surface area contributed by atoms with Gasteiger partial charge < -0.3 is 9.52 Å². The van der Waals surface area contributed by atoms with Gasteiger partial charge >= 0.3 is 0 Å². The number of nitrogens with zero attached hydrogens (tertiary/aromatic N) is 3. The fourth-order valence-corrected chi connectivity index (χ4v) is 2.68. The van der Waals surface area contributed by atoms with Gasteiger partial charge in [-0.1, -0.05) is 24.3 Å². The van der Waals surface area contributed by atoms with Gasteiger partial charge in [0.15, 0.2) is 0 Å². The van der Waals surface area contributed by atoms with E-state index in [0.29, 0.717) is 34.2 Å². The third-order valence-electron chi connectivity index (χ3n) is 3.91. The average molecular weight is 345 g/mol. The van der Waals surface area contributed by atoms with E-state index < -0.39 is 0 Å². The Hall–Kier alpha value is -3.51. The number of carbonyl (C=O) groups is 1. The molecule has 1 N–H and O–H groups in total. The number of pyridine rings is 1. The van der Waals surface area contributed by atoms with E-state index in [9.17, 15) is 4.79 Å². The highest BCUT2D eigenvalue weighted by atomic mass is 16.4. The number of aliphatic hydroxyl groups is 1. The van der Waals surface area contributed by atoms with Crippen molar-refractivity contribution in [1.29, 1.82) is 0 Å². The first-order valence-corrected chi connectivity index (χ1v) is 8.07. The summed E-state index contributed by atoms with van der Waals surface area (Å²) in [7, 11) is 0. The van der Waals surface area contributed by atoms with Crippen LogP contribution in [0.5, 0.6) is 0 Å². The van der Waals surface area contributed by atoms with Crippen LogP contribution in [0, 0.1) is 0 Å². The largest absolute Gasteiger partial charge is 0.459 e. The lowest BCUT2D eigenvalue weighted by Gasteiger charge is -2.10. The van der Waals surface area contributed by atoms with Crippen LogP contribution in [0.3, 0.4) is 0 Å². The minimum absolute atomic E-state index is 0.200. The molecular formula is C20H15N3O3. The minimum Gasteiger partial charge on any atom is -0.459 e. The van der Waals surface area contributed by atoms with E-state index in [1.807, 2.05) is 36.4 Å². The van der Waals surface area contributed by atoms with Crippen LogP contribution in [0.1, 0.15) is 17.2 Å². The number of hydrogen-bond donors (Lipinski definition) is 1. The molecule has 0 atom stereocenters. The highest BCUT2D eigenvalue weighted by molar-refractivity contribution is 6.36. The Balaban J connectivity index is 1.80. The summed E-state index contributed by atoms with van der Waals surface area (Å²) in [5.74, 6) is 0.633. The Morgan fingerprint density at radius 2 is 1.85 bits per heavy atom. The Morgan fingerprint density at radius 3 is 2.54 bits per heavy atom. The predicted octanol–water partition coefficient (Wildman–Crippen LogP) is 3.00. The molecule has 0 unspecified atom stereocenters. The number of carbonyl (C=O) groups excluding carboxylic acids is 1. The molecule has 0 bridgehead atoms. The summed E-state index contributed by atoms with van der Waals surface area (Å²) < 4.78 is 5.50. The third-order valence-corrected chi connectivity index (χ3v) is 3.91. The van der Waals surface area contributed by atoms with Gasteiger partial charge in [-0.2, -0.15) is 10.1 Å². The van der Waals surface area contributed by atoms with Gasteiger partial charge in [-0.15, -0.1) is 0 Å². The molecule has 128 valence electrons. The first kappa shape index (κ1) is 16.0. The number of anilines is 1. The molecule has 3 aromatic rings. The van der Waals surface area contributed by atoms with E-state index in [-0.39, 0.29) is 12.5 Å². The fourth-order valence-electron chi connectivity index (χ4n) is 2.68. The van der Waals surface area contributed by atoms with Crippen molar-refractivity contribution in [3.63, 3.8) is 0 Å². The molecule has 0 saturated carbocycles. The van der Waals surface area contributed by atoms with Gasteiger partial charge in [0.05, 0.1) is 17.0 Å². The summed E-state index contributed by atoms with van der Waals surface area (Å²) in [6.07, 6.45) is 3.28. The molecule has 1 aliphatic heterocycles. The Kier molecular flexibility index (Phi) is 4.17. The Labute approximate surface area is 149 Å². The van der Waals surface area contributed by atoms with E-state index >= 15 is 0 Å². The highest BCUT2D eigenvalue weighted by Gasteiger charge is 2.32. The zero-order valence-electron chi connectivity index (χ0n) is 13.7. The lowest BCUT2D eigenvalue weighted by Crippen LogP contribution is -2.21. The van der Waals surface area contributed by atoms with Crippen LogP contribution in [0.2, 0.25) is 0 Å². The van der Waals surface area contributed by atoms with Crippen molar-refractivity contribution in [3.05, 3.63) is 89.6 Å². The number of amides is 1. The summed E-state index contributed by atoms with van der Waals surface area (Å²) in [5.41, 5.74) is 2.12. The number of hydrazone groups is 1. The number of para-hydroxylation sites is 1. The molecule has 0 fully saturated rings. The molecule has 4 rings (SSSR count). The van der Waals surface area contributed by atoms with Crippen molar-refractivity contribution in [2.24, 2.45) is 5.10 Å². The fraction of sp³-hybridized carbons (Fsp3) is 0.0500. The van der Waals surface area contributed by atoms with E-state index in [0.717, 1.165) is 0 Å². The zero-order chi connectivity index (χ0) is 17.9. The maximum Gasteiger partial charge on any atom is 0.281 e. The Morgan fingerprint density at radius 1 is 1.04 bits per heavy atom. The van der Waals surface area contributed by atoms with Gasteiger partial charge in [0.1, 0.15) is 23.8 Å². The molecule has 0 radical (unpaired) electrons. The molecule has 1 aromatic carbocycles. The molecule has 26 heavy (non-hydrogen) atoms.